The smallest absolute Gasteiger partial charge is 0.140 e. The van der Waals surface area contributed by atoms with Gasteiger partial charge in [0.2, 0.25) is 0 Å². The zero-order valence-corrected chi connectivity index (χ0v) is 40.5. The number of nitrogens with zero attached hydrogens (tertiary/aromatic N) is 1. The van der Waals surface area contributed by atoms with E-state index in [1.165, 1.54) is 94.6 Å². The van der Waals surface area contributed by atoms with Crippen molar-refractivity contribution in [3.63, 3.8) is 0 Å². The number of rotatable bonds is 5. The molecular weight excluding hydrogens is 883 g/mol. The first kappa shape index (κ1) is 40.7. The molecule has 0 bridgehead atoms. The van der Waals surface area contributed by atoms with Crippen molar-refractivity contribution >= 4 is 39.0 Å². The summed E-state index contributed by atoms with van der Waals surface area (Å²) in [6.45, 7) is 4.76. The molecule has 0 fully saturated rings. The van der Waals surface area contributed by atoms with Gasteiger partial charge in [-0.2, -0.15) is 0 Å². The molecule has 0 saturated heterocycles. The maximum atomic E-state index is 7.43. The highest BCUT2D eigenvalue weighted by Crippen LogP contribution is 2.64. The number of benzene rings is 11. The third-order valence-electron chi connectivity index (χ3n) is 17.4. The first-order valence-electron chi connectivity index (χ1n) is 25.7. The van der Waals surface area contributed by atoms with E-state index in [0.29, 0.717) is 0 Å². The average molecular weight is 930 g/mol. The topological polar surface area (TPSA) is 16.4 Å². The van der Waals surface area contributed by atoms with Gasteiger partial charge in [-0.3, -0.25) is 0 Å². The predicted molar refractivity (Wildman–Crippen MR) is 300 cm³/mol. The largest absolute Gasteiger partial charge is 0.456 e. The van der Waals surface area contributed by atoms with Crippen molar-refractivity contribution in [3.05, 3.63) is 304 Å². The van der Waals surface area contributed by atoms with Crippen LogP contribution in [-0.4, -0.2) is 0 Å². The molecule has 73 heavy (non-hydrogen) atoms. The van der Waals surface area contributed by atoms with Gasteiger partial charge in [0.1, 0.15) is 11.2 Å². The zero-order chi connectivity index (χ0) is 48.2. The van der Waals surface area contributed by atoms with Gasteiger partial charge in [0.15, 0.2) is 0 Å². The molecule has 12 aromatic rings. The van der Waals surface area contributed by atoms with Crippen LogP contribution < -0.4 is 4.90 Å². The van der Waals surface area contributed by atoms with Crippen LogP contribution in [0.4, 0.5) is 17.1 Å². The van der Waals surface area contributed by atoms with Crippen molar-refractivity contribution in [3.8, 4) is 44.5 Å². The van der Waals surface area contributed by atoms with Gasteiger partial charge in [-0.25, -0.2) is 0 Å². The number of para-hydroxylation sites is 1. The van der Waals surface area contributed by atoms with Crippen LogP contribution in [0.5, 0.6) is 0 Å². The number of hydrogen-bond donors (Lipinski definition) is 0. The summed E-state index contributed by atoms with van der Waals surface area (Å²) in [7, 11) is 0. The zero-order valence-electron chi connectivity index (χ0n) is 40.5. The van der Waals surface area contributed by atoms with Gasteiger partial charge in [0, 0.05) is 27.7 Å². The second-order valence-corrected chi connectivity index (χ2v) is 21.0. The van der Waals surface area contributed by atoms with E-state index in [9.17, 15) is 0 Å². The molecule has 16 rings (SSSR count). The Kier molecular flexibility index (Phi) is 8.12. The summed E-state index contributed by atoms with van der Waals surface area (Å²) in [4.78, 5) is 2.53. The summed E-state index contributed by atoms with van der Waals surface area (Å²) >= 11 is 0. The lowest BCUT2D eigenvalue weighted by Crippen LogP contribution is -2.28. The molecule has 1 heterocycles. The molecule has 2 heteroatoms. The predicted octanol–water partition coefficient (Wildman–Crippen LogP) is 18.1. The van der Waals surface area contributed by atoms with Gasteiger partial charge in [-0.1, -0.05) is 226 Å². The SMILES string of the molecule is CC1(C)c2ccccc2-c2ccc(N(c3ccc4c(c3)C3(c5ccccc5-c5ccccc53)c3ccccc3-4)c3cccc4oc5c(C6(c7ccccc7)c7ccccc7-c7ccccc76)cccc5c34)cc21. The molecule has 4 aliphatic carbocycles. The maximum absolute atomic E-state index is 7.43. The Hall–Kier alpha value is -8.98. The van der Waals surface area contributed by atoms with E-state index in [2.05, 4.69) is 267 Å². The van der Waals surface area contributed by atoms with E-state index in [1.807, 2.05) is 0 Å². The van der Waals surface area contributed by atoms with E-state index in [1.54, 1.807) is 0 Å². The molecule has 0 unspecified atom stereocenters. The van der Waals surface area contributed by atoms with Crippen LogP contribution in [0.3, 0.4) is 0 Å². The lowest BCUT2D eigenvalue weighted by Gasteiger charge is -2.33. The Morgan fingerprint density at radius 1 is 0.315 bits per heavy atom. The molecule has 0 N–H and O–H groups in total. The Labute approximate surface area is 425 Å². The van der Waals surface area contributed by atoms with E-state index in [-0.39, 0.29) is 5.41 Å². The van der Waals surface area contributed by atoms with Crippen molar-refractivity contribution in [1.82, 2.24) is 0 Å². The van der Waals surface area contributed by atoms with Crippen LogP contribution in [0.25, 0.3) is 66.4 Å². The van der Waals surface area contributed by atoms with Gasteiger partial charge in [0.25, 0.3) is 0 Å². The highest BCUT2D eigenvalue weighted by atomic mass is 16.3. The second-order valence-electron chi connectivity index (χ2n) is 21.0. The minimum Gasteiger partial charge on any atom is -0.456 e. The first-order chi connectivity index (χ1) is 36.0. The van der Waals surface area contributed by atoms with Crippen molar-refractivity contribution in [2.75, 3.05) is 4.90 Å². The highest BCUT2D eigenvalue weighted by Gasteiger charge is 2.52. The molecule has 0 radical (unpaired) electrons. The number of hydrogen-bond acceptors (Lipinski definition) is 2. The molecule has 4 aliphatic rings. The second kappa shape index (κ2) is 14.6. The molecule has 0 saturated carbocycles. The molecular formula is C71H47NO. The van der Waals surface area contributed by atoms with Crippen LogP contribution in [0.2, 0.25) is 0 Å². The Bertz CT molecular complexity index is 4210. The van der Waals surface area contributed by atoms with Gasteiger partial charge < -0.3 is 9.32 Å². The summed E-state index contributed by atoms with van der Waals surface area (Å²) in [6, 6.07) is 93.2. The van der Waals surface area contributed by atoms with Crippen molar-refractivity contribution in [2.45, 2.75) is 30.1 Å². The molecule has 342 valence electrons. The highest BCUT2D eigenvalue weighted by molar-refractivity contribution is 6.15. The van der Waals surface area contributed by atoms with Crippen LogP contribution in [-0.2, 0) is 16.2 Å². The third kappa shape index (κ3) is 5.08. The van der Waals surface area contributed by atoms with Gasteiger partial charge in [-0.05, 0) is 131 Å². The van der Waals surface area contributed by atoms with Crippen molar-refractivity contribution in [1.29, 1.82) is 0 Å². The fourth-order valence-electron chi connectivity index (χ4n) is 14.5. The molecule has 2 nitrogen and oxygen atoms in total. The molecule has 11 aromatic carbocycles. The van der Waals surface area contributed by atoms with E-state index < -0.39 is 10.8 Å². The monoisotopic (exact) mass is 929 g/mol. The minimum atomic E-state index is -0.626. The Morgan fingerprint density at radius 3 is 1.27 bits per heavy atom. The number of anilines is 3. The fraction of sp³-hybridized carbons (Fsp3) is 0.0704. The summed E-state index contributed by atoms with van der Waals surface area (Å²) in [5.74, 6) is 0. The molecule has 1 aromatic heterocycles. The quantitative estimate of drug-likeness (QED) is 0.171. The lowest BCUT2D eigenvalue weighted by molar-refractivity contribution is 0.648. The average Bonchev–Trinajstić information content (AvgIpc) is 4.22. The fourth-order valence-corrected chi connectivity index (χ4v) is 14.5. The minimum absolute atomic E-state index is 0.197. The van der Waals surface area contributed by atoms with E-state index in [0.717, 1.165) is 44.6 Å². The van der Waals surface area contributed by atoms with E-state index >= 15 is 0 Å². The van der Waals surface area contributed by atoms with Gasteiger partial charge in [-0.15, -0.1) is 0 Å². The number of fused-ring (bicyclic) bond motifs is 19. The van der Waals surface area contributed by atoms with Crippen LogP contribution in [0, 0.1) is 0 Å². The third-order valence-corrected chi connectivity index (χ3v) is 17.4. The summed E-state index contributed by atoms with van der Waals surface area (Å²) in [6.07, 6.45) is 0. The summed E-state index contributed by atoms with van der Waals surface area (Å²) < 4.78 is 7.43. The Balaban J connectivity index is 0.986. The van der Waals surface area contributed by atoms with Gasteiger partial charge in [0.05, 0.1) is 21.9 Å². The van der Waals surface area contributed by atoms with Crippen molar-refractivity contribution < 1.29 is 4.42 Å². The van der Waals surface area contributed by atoms with Crippen molar-refractivity contribution in [2.24, 2.45) is 0 Å². The summed E-state index contributed by atoms with van der Waals surface area (Å²) in [5, 5.41) is 2.17. The number of furan rings is 1. The molecule has 0 amide bonds. The van der Waals surface area contributed by atoms with Gasteiger partial charge >= 0.3 is 0 Å². The molecule has 0 atom stereocenters. The standard InChI is InChI=1S/C71H47NO/c1-69(2)56-29-12-6-22-47(56)53-40-38-45(42-63(53)69)72(46-39-41-54-52-27-11-17-34-61(52)71(64(54)43-46)59-32-15-9-25-50(59)51-26-10-16-33-60(51)71)65-36-19-37-66-67(65)55-28-18-35-62(68(55)73-66)70(44-20-4-3-5-21-44)57-30-13-7-23-48(57)49-24-8-14-31-58(49)70/h3-43H,1-2H3. The first-order valence-corrected chi connectivity index (χ1v) is 25.7. The van der Waals surface area contributed by atoms with Crippen LogP contribution in [0.1, 0.15) is 69.5 Å². The van der Waals surface area contributed by atoms with Crippen LogP contribution in [0.15, 0.2) is 253 Å². The van der Waals surface area contributed by atoms with Crippen LogP contribution >= 0.6 is 0 Å². The molecule has 1 spiro atoms. The summed E-state index contributed by atoms with van der Waals surface area (Å²) in [5.41, 5.74) is 26.9. The lowest BCUT2D eigenvalue weighted by atomic mass is 9.67. The normalized spacial score (nSPS) is 15.0. The maximum Gasteiger partial charge on any atom is 0.140 e. The Morgan fingerprint density at radius 2 is 0.726 bits per heavy atom. The van der Waals surface area contributed by atoms with E-state index in [4.69, 9.17) is 4.42 Å². The molecule has 0 aliphatic heterocycles.